The molecule has 4 heteroatoms. The summed E-state index contributed by atoms with van der Waals surface area (Å²) in [5.74, 6) is -0.852. The van der Waals surface area contributed by atoms with Gasteiger partial charge in [-0.15, -0.1) is 0 Å². The van der Waals surface area contributed by atoms with Crippen molar-refractivity contribution in [2.75, 3.05) is 0 Å². The maximum absolute atomic E-state index is 10.7. The van der Waals surface area contributed by atoms with Crippen LogP contribution in [-0.4, -0.2) is 20.9 Å². The molecule has 2 aromatic rings. The standard InChI is InChI=1S/C12H12N2O2/c1-9-4-2-3-5-11(9)14-10(6-7-13-14)8-12(15)16/h2-7H,8H2,1H3,(H,15,16). The Morgan fingerprint density at radius 1 is 1.38 bits per heavy atom. The molecule has 16 heavy (non-hydrogen) atoms. The van der Waals surface area contributed by atoms with Crippen molar-refractivity contribution in [3.8, 4) is 5.69 Å². The Balaban J connectivity index is 2.45. The van der Waals surface area contributed by atoms with Gasteiger partial charge < -0.3 is 5.11 Å². The monoisotopic (exact) mass is 216 g/mol. The van der Waals surface area contributed by atoms with Crippen LogP contribution in [0.15, 0.2) is 36.5 Å². The fourth-order valence-corrected chi connectivity index (χ4v) is 1.64. The van der Waals surface area contributed by atoms with Crippen LogP contribution in [0.3, 0.4) is 0 Å². The molecule has 1 heterocycles. The molecule has 0 aliphatic rings. The van der Waals surface area contributed by atoms with E-state index in [1.807, 2.05) is 31.2 Å². The second kappa shape index (κ2) is 4.18. The molecule has 2 rings (SSSR count). The summed E-state index contributed by atoms with van der Waals surface area (Å²) in [5, 5.41) is 12.9. The van der Waals surface area contributed by atoms with Gasteiger partial charge in [0.15, 0.2) is 0 Å². The molecule has 1 aromatic carbocycles. The minimum atomic E-state index is -0.852. The Bertz CT molecular complexity index is 517. The molecule has 0 saturated carbocycles. The molecule has 0 radical (unpaired) electrons. The summed E-state index contributed by atoms with van der Waals surface area (Å²) in [6.45, 7) is 1.97. The van der Waals surface area contributed by atoms with Gasteiger partial charge >= 0.3 is 5.97 Å². The van der Waals surface area contributed by atoms with E-state index < -0.39 is 5.97 Å². The first-order valence-electron chi connectivity index (χ1n) is 4.99. The van der Waals surface area contributed by atoms with Crippen LogP contribution in [0.2, 0.25) is 0 Å². The van der Waals surface area contributed by atoms with Crippen LogP contribution in [0.4, 0.5) is 0 Å². The second-order valence-corrected chi connectivity index (χ2v) is 3.59. The number of aromatic nitrogens is 2. The number of hydrogen-bond acceptors (Lipinski definition) is 2. The zero-order valence-electron chi connectivity index (χ0n) is 8.92. The average Bonchev–Trinajstić information content (AvgIpc) is 2.66. The van der Waals surface area contributed by atoms with Crippen LogP contribution >= 0.6 is 0 Å². The van der Waals surface area contributed by atoms with Gasteiger partial charge in [-0.3, -0.25) is 4.79 Å². The summed E-state index contributed by atoms with van der Waals surface area (Å²) in [6, 6.07) is 9.48. The van der Waals surface area contributed by atoms with Crippen molar-refractivity contribution in [2.45, 2.75) is 13.3 Å². The lowest BCUT2D eigenvalue weighted by molar-refractivity contribution is -0.136. The van der Waals surface area contributed by atoms with Crippen LogP contribution in [0.1, 0.15) is 11.3 Å². The Morgan fingerprint density at radius 3 is 2.81 bits per heavy atom. The highest BCUT2D eigenvalue weighted by Crippen LogP contribution is 2.15. The van der Waals surface area contributed by atoms with E-state index >= 15 is 0 Å². The number of aryl methyl sites for hydroxylation is 1. The van der Waals surface area contributed by atoms with Gasteiger partial charge in [0, 0.05) is 6.20 Å². The third-order valence-corrected chi connectivity index (χ3v) is 2.40. The number of carboxylic acids is 1. The van der Waals surface area contributed by atoms with Crippen molar-refractivity contribution in [1.82, 2.24) is 9.78 Å². The van der Waals surface area contributed by atoms with Crippen molar-refractivity contribution in [3.05, 3.63) is 47.8 Å². The lowest BCUT2D eigenvalue weighted by atomic mass is 10.2. The molecule has 0 spiro atoms. The smallest absolute Gasteiger partial charge is 0.309 e. The van der Waals surface area contributed by atoms with Crippen molar-refractivity contribution >= 4 is 5.97 Å². The topological polar surface area (TPSA) is 55.1 Å². The van der Waals surface area contributed by atoms with Gasteiger partial charge in [-0.2, -0.15) is 5.10 Å². The highest BCUT2D eigenvalue weighted by molar-refractivity contribution is 5.69. The van der Waals surface area contributed by atoms with Gasteiger partial charge in [0.1, 0.15) is 0 Å². The zero-order valence-corrected chi connectivity index (χ0v) is 8.92. The maximum atomic E-state index is 10.7. The lowest BCUT2D eigenvalue weighted by Gasteiger charge is -2.08. The van der Waals surface area contributed by atoms with Crippen LogP contribution in [0.5, 0.6) is 0 Å². The first-order valence-corrected chi connectivity index (χ1v) is 4.99. The summed E-state index contributed by atoms with van der Waals surface area (Å²) in [7, 11) is 0. The maximum Gasteiger partial charge on any atom is 0.309 e. The SMILES string of the molecule is Cc1ccccc1-n1nccc1CC(=O)O. The molecule has 0 bridgehead atoms. The quantitative estimate of drug-likeness (QED) is 0.851. The second-order valence-electron chi connectivity index (χ2n) is 3.59. The molecule has 0 aliphatic carbocycles. The van der Waals surface area contributed by atoms with E-state index in [0.717, 1.165) is 11.3 Å². The van der Waals surface area contributed by atoms with E-state index in [1.54, 1.807) is 16.9 Å². The van der Waals surface area contributed by atoms with Crippen molar-refractivity contribution in [1.29, 1.82) is 0 Å². The van der Waals surface area contributed by atoms with Crippen molar-refractivity contribution in [3.63, 3.8) is 0 Å². The molecule has 0 saturated heterocycles. The lowest BCUT2D eigenvalue weighted by Crippen LogP contribution is -2.08. The molecule has 1 N–H and O–H groups in total. The Kier molecular flexibility index (Phi) is 2.72. The third-order valence-electron chi connectivity index (χ3n) is 2.40. The molecular weight excluding hydrogens is 204 g/mol. The molecule has 0 unspecified atom stereocenters. The van der Waals surface area contributed by atoms with Gasteiger partial charge in [-0.25, -0.2) is 4.68 Å². The van der Waals surface area contributed by atoms with Crippen LogP contribution in [0, 0.1) is 6.92 Å². The highest BCUT2D eigenvalue weighted by atomic mass is 16.4. The average molecular weight is 216 g/mol. The fourth-order valence-electron chi connectivity index (χ4n) is 1.64. The summed E-state index contributed by atoms with van der Waals surface area (Å²) < 4.78 is 1.67. The van der Waals surface area contributed by atoms with E-state index in [9.17, 15) is 4.79 Å². The number of nitrogens with zero attached hydrogens (tertiary/aromatic N) is 2. The van der Waals surface area contributed by atoms with E-state index in [-0.39, 0.29) is 6.42 Å². The van der Waals surface area contributed by atoms with Gasteiger partial charge in [0.05, 0.1) is 17.8 Å². The first-order chi connectivity index (χ1) is 7.68. The molecule has 0 amide bonds. The highest BCUT2D eigenvalue weighted by Gasteiger charge is 2.09. The molecule has 82 valence electrons. The molecule has 0 aliphatic heterocycles. The molecule has 0 fully saturated rings. The number of carbonyl (C=O) groups is 1. The van der Waals surface area contributed by atoms with Gasteiger partial charge in [0.25, 0.3) is 0 Å². The number of benzene rings is 1. The number of aliphatic carboxylic acids is 1. The van der Waals surface area contributed by atoms with Crippen LogP contribution < -0.4 is 0 Å². The van der Waals surface area contributed by atoms with E-state index in [4.69, 9.17) is 5.11 Å². The Hall–Kier alpha value is -2.10. The summed E-state index contributed by atoms with van der Waals surface area (Å²) in [5.41, 5.74) is 2.67. The van der Waals surface area contributed by atoms with E-state index in [0.29, 0.717) is 5.69 Å². The van der Waals surface area contributed by atoms with Gasteiger partial charge in [-0.1, -0.05) is 18.2 Å². The number of carboxylic acid groups (broad SMARTS) is 1. The summed E-state index contributed by atoms with van der Waals surface area (Å²) in [4.78, 5) is 10.7. The number of para-hydroxylation sites is 1. The largest absolute Gasteiger partial charge is 0.481 e. The summed E-state index contributed by atoms with van der Waals surface area (Å²) >= 11 is 0. The summed E-state index contributed by atoms with van der Waals surface area (Å²) in [6.07, 6.45) is 1.60. The van der Waals surface area contributed by atoms with Crippen molar-refractivity contribution < 1.29 is 9.90 Å². The number of rotatable bonds is 3. The van der Waals surface area contributed by atoms with Crippen LogP contribution in [0.25, 0.3) is 5.69 Å². The van der Waals surface area contributed by atoms with Crippen molar-refractivity contribution in [2.24, 2.45) is 0 Å². The van der Waals surface area contributed by atoms with Gasteiger partial charge in [0.2, 0.25) is 0 Å². The normalized spacial score (nSPS) is 10.3. The fraction of sp³-hybridized carbons (Fsp3) is 0.167. The predicted octanol–water partition coefficient (Wildman–Crippen LogP) is 1.81. The molecule has 1 aromatic heterocycles. The van der Waals surface area contributed by atoms with E-state index in [2.05, 4.69) is 5.10 Å². The Labute approximate surface area is 93.1 Å². The van der Waals surface area contributed by atoms with E-state index in [1.165, 1.54) is 0 Å². The van der Waals surface area contributed by atoms with Gasteiger partial charge in [-0.05, 0) is 24.6 Å². The minimum absolute atomic E-state index is 0.0195. The zero-order chi connectivity index (χ0) is 11.5. The molecule has 0 atom stereocenters. The third kappa shape index (κ3) is 1.95. The molecule has 4 nitrogen and oxygen atoms in total. The number of hydrogen-bond donors (Lipinski definition) is 1. The Morgan fingerprint density at radius 2 is 2.12 bits per heavy atom. The minimum Gasteiger partial charge on any atom is -0.481 e. The predicted molar refractivity (Wildman–Crippen MR) is 59.6 cm³/mol. The first kappa shape index (κ1) is 10.4. The molecular formula is C12H12N2O2. The van der Waals surface area contributed by atoms with Crippen LogP contribution in [-0.2, 0) is 11.2 Å².